The Bertz CT molecular complexity index is 953. The van der Waals surface area contributed by atoms with Gasteiger partial charge in [0, 0.05) is 6.07 Å². The molecule has 8 heteroatoms. The van der Waals surface area contributed by atoms with Crippen molar-refractivity contribution < 1.29 is 9.53 Å². The van der Waals surface area contributed by atoms with Crippen molar-refractivity contribution in [1.82, 2.24) is 19.7 Å². The number of nitrogens with one attached hydrogen (secondary N) is 1. The molecule has 3 rings (SSSR count). The van der Waals surface area contributed by atoms with E-state index in [1.165, 1.54) is 11.8 Å². The molecule has 0 aliphatic rings. The molecule has 2 heterocycles. The minimum Gasteiger partial charge on any atom is -0.481 e. The quantitative estimate of drug-likeness (QED) is 0.658. The Labute approximate surface area is 162 Å². The van der Waals surface area contributed by atoms with Gasteiger partial charge in [-0.05, 0) is 44.0 Å². The van der Waals surface area contributed by atoms with Crippen LogP contribution in [-0.2, 0) is 4.79 Å². The van der Waals surface area contributed by atoms with Crippen LogP contribution in [0.2, 0.25) is 0 Å². The molecule has 0 atom stereocenters. The number of pyridine rings is 1. The average Bonchev–Trinajstić information content (AvgIpc) is 3.03. The Kier molecular flexibility index (Phi) is 5.75. The lowest BCUT2D eigenvalue weighted by atomic mass is 10.1. The molecular formula is C19H21N5O2S. The molecule has 0 fully saturated rings. The molecule has 0 saturated carbocycles. The third kappa shape index (κ3) is 4.46. The first kappa shape index (κ1) is 18.9. The summed E-state index contributed by atoms with van der Waals surface area (Å²) in [5, 5.41) is 11.9. The molecule has 0 aliphatic carbocycles. The van der Waals surface area contributed by atoms with Crippen molar-refractivity contribution in [2.45, 2.75) is 25.9 Å². The van der Waals surface area contributed by atoms with Gasteiger partial charge in [-0.3, -0.25) is 9.36 Å². The van der Waals surface area contributed by atoms with E-state index in [1.54, 1.807) is 25.4 Å². The van der Waals surface area contributed by atoms with Gasteiger partial charge in [0.1, 0.15) is 5.82 Å². The maximum atomic E-state index is 12.3. The highest BCUT2D eigenvalue weighted by atomic mass is 32.2. The largest absolute Gasteiger partial charge is 0.481 e. The SMILES string of the molecule is COc1ccc(NC(=O)CSc2nnc(C)n2-c2cc(C)ccc2C)cn1. The molecule has 140 valence electrons. The molecule has 1 N–H and O–H groups in total. The number of methoxy groups -OCH3 is 1. The maximum absolute atomic E-state index is 12.3. The molecule has 0 unspecified atom stereocenters. The molecular weight excluding hydrogens is 362 g/mol. The van der Waals surface area contributed by atoms with E-state index in [-0.39, 0.29) is 11.7 Å². The summed E-state index contributed by atoms with van der Waals surface area (Å²) in [4.78, 5) is 16.3. The summed E-state index contributed by atoms with van der Waals surface area (Å²) in [6.45, 7) is 6.00. The van der Waals surface area contributed by atoms with E-state index in [0.29, 0.717) is 16.7 Å². The van der Waals surface area contributed by atoms with Crippen LogP contribution in [0.4, 0.5) is 5.69 Å². The van der Waals surface area contributed by atoms with Gasteiger partial charge in [-0.25, -0.2) is 4.98 Å². The summed E-state index contributed by atoms with van der Waals surface area (Å²) >= 11 is 1.34. The highest BCUT2D eigenvalue weighted by molar-refractivity contribution is 7.99. The number of carbonyl (C=O) groups is 1. The number of aromatic nitrogens is 4. The third-order valence-corrected chi connectivity index (χ3v) is 4.89. The molecule has 3 aromatic rings. The molecule has 1 aromatic carbocycles. The number of aryl methyl sites for hydroxylation is 3. The van der Waals surface area contributed by atoms with Crippen LogP contribution in [0.15, 0.2) is 41.7 Å². The molecule has 2 aromatic heterocycles. The van der Waals surface area contributed by atoms with Crippen molar-refractivity contribution in [1.29, 1.82) is 0 Å². The smallest absolute Gasteiger partial charge is 0.234 e. The first-order chi connectivity index (χ1) is 13.0. The van der Waals surface area contributed by atoms with Gasteiger partial charge in [-0.15, -0.1) is 10.2 Å². The van der Waals surface area contributed by atoms with Crippen molar-refractivity contribution in [2.24, 2.45) is 0 Å². The van der Waals surface area contributed by atoms with E-state index >= 15 is 0 Å². The number of hydrogen-bond donors (Lipinski definition) is 1. The molecule has 7 nitrogen and oxygen atoms in total. The third-order valence-electron chi connectivity index (χ3n) is 3.96. The monoisotopic (exact) mass is 383 g/mol. The zero-order chi connectivity index (χ0) is 19.4. The van der Waals surface area contributed by atoms with E-state index in [2.05, 4.69) is 38.7 Å². The number of amides is 1. The fourth-order valence-electron chi connectivity index (χ4n) is 2.58. The van der Waals surface area contributed by atoms with Gasteiger partial charge >= 0.3 is 0 Å². The number of benzene rings is 1. The van der Waals surface area contributed by atoms with Crippen LogP contribution in [0.1, 0.15) is 17.0 Å². The molecule has 1 amide bonds. The van der Waals surface area contributed by atoms with Gasteiger partial charge in [-0.1, -0.05) is 23.9 Å². The summed E-state index contributed by atoms with van der Waals surface area (Å²) in [5.41, 5.74) is 3.93. The maximum Gasteiger partial charge on any atom is 0.234 e. The Morgan fingerprint density at radius 2 is 2.00 bits per heavy atom. The Morgan fingerprint density at radius 1 is 1.19 bits per heavy atom. The second-order valence-electron chi connectivity index (χ2n) is 6.08. The van der Waals surface area contributed by atoms with Gasteiger partial charge < -0.3 is 10.1 Å². The average molecular weight is 383 g/mol. The van der Waals surface area contributed by atoms with E-state index in [1.807, 2.05) is 25.3 Å². The first-order valence-corrected chi connectivity index (χ1v) is 9.39. The minimum atomic E-state index is -0.139. The van der Waals surface area contributed by atoms with Crippen molar-refractivity contribution in [3.63, 3.8) is 0 Å². The van der Waals surface area contributed by atoms with Crippen molar-refractivity contribution >= 4 is 23.4 Å². The first-order valence-electron chi connectivity index (χ1n) is 8.40. The van der Waals surface area contributed by atoms with Crippen molar-refractivity contribution in [3.05, 3.63) is 53.5 Å². The number of anilines is 1. The van der Waals surface area contributed by atoms with E-state index in [9.17, 15) is 4.79 Å². The van der Waals surface area contributed by atoms with Gasteiger partial charge in [-0.2, -0.15) is 0 Å². The minimum absolute atomic E-state index is 0.139. The number of rotatable bonds is 6. The standard InChI is InChI=1S/C19H21N5O2S/c1-12-5-6-13(2)16(9-12)24-14(3)22-23-19(24)27-11-17(25)21-15-7-8-18(26-4)20-10-15/h5-10H,11H2,1-4H3,(H,21,25). The lowest BCUT2D eigenvalue weighted by Gasteiger charge is -2.12. The zero-order valence-electron chi connectivity index (χ0n) is 15.7. The number of carbonyl (C=O) groups excluding carboxylic acids is 1. The predicted octanol–water partition coefficient (Wildman–Crippen LogP) is 3.33. The normalized spacial score (nSPS) is 10.7. The van der Waals surface area contributed by atoms with Gasteiger partial charge in [0.05, 0.1) is 30.4 Å². The topological polar surface area (TPSA) is 81.9 Å². The lowest BCUT2D eigenvalue weighted by Crippen LogP contribution is -2.15. The summed E-state index contributed by atoms with van der Waals surface area (Å²) < 4.78 is 6.99. The Morgan fingerprint density at radius 3 is 2.70 bits per heavy atom. The number of thioether (sulfide) groups is 1. The van der Waals surface area contributed by atoms with Crippen LogP contribution in [0, 0.1) is 20.8 Å². The van der Waals surface area contributed by atoms with Crippen LogP contribution in [0.25, 0.3) is 5.69 Å². The Hall–Kier alpha value is -2.87. The lowest BCUT2D eigenvalue weighted by molar-refractivity contribution is -0.113. The fourth-order valence-corrected chi connectivity index (χ4v) is 3.37. The van der Waals surface area contributed by atoms with Gasteiger partial charge in [0.25, 0.3) is 0 Å². The van der Waals surface area contributed by atoms with Gasteiger partial charge in [0.2, 0.25) is 11.8 Å². The second-order valence-corrected chi connectivity index (χ2v) is 7.02. The molecule has 0 radical (unpaired) electrons. The summed E-state index contributed by atoms with van der Waals surface area (Å²) in [6.07, 6.45) is 1.56. The number of ether oxygens (including phenoxy) is 1. The molecule has 0 bridgehead atoms. The van der Waals surface area contributed by atoms with Crippen molar-refractivity contribution in [2.75, 3.05) is 18.2 Å². The van der Waals surface area contributed by atoms with Crippen LogP contribution in [-0.4, -0.2) is 38.5 Å². The predicted molar refractivity (Wildman–Crippen MR) is 106 cm³/mol. The highest BCUT2D eigenvalue weighted by Gasteiger charge is 2.15. The van der Waals surface area contributed by atoms with Crippen LogP contribution >= 0.6 is 11.8 Å². The van der Waals surface area contributed by atoms with Crippen LogP contribution in [0.3, 0.4) is 0 Å². The molecule has 0 aliphatic heterocycles. The number of hydrogen-bond acceptors (Lipinski definition) is 6. The van der Waals surface area contributed by atoms with E-state index in [4.69, 9.17) is 4.74 Å². The second kappa shape index (κ2) is 8.22. The molecule has 0 saturated heterocycles. The van der Waals surface area contributed by atoms with Crippen LogP contribution < -0.4 is 10.1 Å². The summed E-state index contributed by atoms with van der Waals surface area (Å²) in [5.74, 6) is 1.36. The van der Waals surface area contributed by atoms with E-state index in [0.717, 1.165) is 22.6 Å². The highest BCUT2D eigenvalue weighted by Crippen LogP contribution is 2.25. The van der Waals surface area contributed by atoms with Crippen LogP contribution in [0.5, 0.6) is 5.88 Å². The molecule has 0 spiro atoms. The number of nitrogens with zero attached hydrogens (tertiary/aromatic N) is 4. The fraction of sp³-hybridized carbons (Fsp3) is 0.263. The zero-order valence-corrected chi connectivity index (χ0v) is 16.5. The Balaban J connectivity index is 1.71. The van der Waals surface area contributed by atoms with Gasteiger partial charge in [0.15, 0.2) is 5.16 Å². The van der Waals surface area contributed by atoms with Crippen molar-refractivity contribution in [3.8, 4) is 11.6 Å². The van der Waals surface area contributed by atoms with E-state index < -0.39 is 0 Å². The summed E-state index contributed by atoms with van der Waals surface area (Å²) in [6, 6.07) is 9.68. The molecule has 27 heavy (non-hydrogen) atoms. The summed E-state index contributed by atoms with van der Waals surface area (Å²) in [7, 11) is 1.55.